The van der Waals surface area contributed by atoms with Crippen LogP contribution in [0.25, 0.3) is 0 Å². The van der Waals surface area contributed by atoms with Crippen LogP contribution in [0.15, 0.2) is 24.3 Å². The second kappa shape index (κ2) is 5.96. The van der Waals surface area contributed by atoms with E-state index < -0.39 is 19.3 Å². The Morgan fingerprint density at radius 3 is 2.00 bits per heavy atom. The van der Waals surface area contributed by atoms with E-state index in [1.807, 2.05) is 4.90 Å². The molecule has 1 fully saturated rings. The zero-order chi connectivity index (χ0) is 15.7. The molecule has 9 heteroatoms. The van der Waals surface area contributed by atoms with Gasteiger partial charge in [-0.15, -0.1) is 0 Å². The SMILES string of the molecule is O=P(O)(O)CN1CCN(c2ccc(C(F)(F)F)cc2)CC1. The van der Waals surface area contributed by atoms with Crippen LogP contribution in [0.3, 0.4) is 0 Å². The van der Waals surface area contributed by atoms with Crippen molar-refractivity contribution < 1.29 is 27.5 Å². The molecule has 0 aromatic heterocycles. The van der Waals surface area contributed by atoms with Crippen LogP contribution in [0, 0.1) is 0 Å². The van der Waals surface area contributed by atoms with Crippen LogP contribution in [0.4, 0.5) is 18.9 Å². The fourth-order valence-corrected chi connectivity index (χ4v) is 3.07. The molecule has 1 aliphatic rings. The topological polar surface area (TPSA) is 64.0 Å². The van der Waals surface area contributed by atoms with Crippen molar-refractivity contribution in [3.05, 3.63) is 29.8 Å². The zero-order valence-corrected chi connectivity index (χ0v) is 12.0. The van der Waals surface area contributed by atoms with Gasteiger partial charge in [0.2, 0.25) is 0 Å². The number of piperazine rings is 1. The molecule has 0 amide bonds. The summed E-state index contributed by atoms with van der Waals surface area (Å²) in [6.45, 7) is 1.97. The van der Waals surface area contributed by atoms with E-state index in [0.29, 0.717) is 31.9 Å². The normalized spacial score (nSPS) is 18.0. The molecule has 0 bridgehead atoms. The van der Waals surface area contributed by atoms with Gasteiger partial charge in [-0.1, -0.05) is 0 Å². The lowest BCUT2D eigenvalue weighted by Crippen LogP contribution is -2.46. The van der Waals surface area contributed by atoms with Gasteiger partial charge in [-0.05, 0) is 24.3 Å². The van der Waals surface area contributed by atoms with Crippen LogP contribution < -0.4 is 4.90 Å². The van der Waals surface area contributed by atoms with Crippen LogP contribution in [0.2, 0.25) is 0 Å². The Bertz CT molecular complexity index is 522. The lowest BCUT2D eigenvalue weighted by atomic mass is 10.1. The number of hydrogen-bond donors (Lipinski definition) is 2. The van der Waals surface area contributed by atoms with Crippen molar-refractivity contribution in [3.8, 4) is 0 Å². The largest absolute Gasteiger partial charge is 0.416 e. The molecule has 118 valence electrons. The highest BCUT2D eigenvalue weighted by Gasteiger charge is 2.30. The molecule has 1 heterocycles. The lowest BCUT2D eigenvalue weighted by molar-refractivity contribution is -0.137. The summed E-state index contributed by atoms with van der Waals surface area (Å²) in [5.41, 5.74) is -0.00906. The lowest BCUT2D eigenvalue weighted by Gasteiger charge is -2.36. The summed E-state index contributed by atoms with van der Waals surface area (Å²) in [4.78, 5) is 21.4. The number of rotatable bonds is 3. The third-order valence-corrected chi connectivity index (χ3v) is 4.08. The Kier molecular flexibility index (Phi) is 4.63. The number of anilines is 1. The number of benzene rings is 1. The minimum Gasteiger partial charge on any atom is -0.369 e. The molecule has 0 aliphatic carbocycles. The standard InChI is InChI=1S/C12H16F3N2O3P/c13-12(14,15)10-1-3-11(4-2-10)17-7-5-16(6-8-17)9-21(18,19)20/h1-4H,5-9H2,(H2,18,19,20). The fourth-order valence-electron chi connectivity index (χ4n) is 2.27. The Labute approximate surface area is 120 Å². The summed E-state index contributed by atoms with van der Waals surface area (Å²) < 4.78 is 48.3. The number of hydrogen-bond acceptors (Lipinski definition) is 3. The van der Waals surface area contributed by atoms with Crippen molar-refractivity contribution in [2.24, 2.45) is 0 Å². The third kappa shape index (κ3) is 4.71. The molecular formula is C12H16F3N2O3P. The summed E-state index contributed by atoms with van der Waals surface area (Å²) >= 11 is 0. The quantitative estimate of drug-likeness (QED) is 0.832. The Morgan fingerprint density at radius 1 is 1.05 bits per heavy atom. The molecule has 2 N–H and O–H groups in total. The van der Waals surface area contributed by atoms with E-state index in [9.17, 15) is 17.7 Å². The van der Waals surface area contributed by atoms with E-state index in [-0.39, 0.29) is 6.29 Å². The maximum atomic E-state index is 12.5. The highest BCUT2D eigenvalue weighted by molar-refractivity contribution is 7.51. The molecule has 5 nitrogen and oxygen atoms in total. The van der Waals surface area contributed by atoms with Gasteiger partial charge in [-0.25, -0.2) is 0 Å². The molecule has 0 saturated carbocycles. The van der Waals surface area contributed by atoms with Gasteiger partial charge in [0.25, 0.3) is 0 Å². The van der Waals surface area contributed by atoms with Crippen molar-refractivity contribution in [1.29, 1.82) is 0 Å². The highest BCUT2D eigenvalue weighted by Crippen LogP contribution is 2.35. The third-order valence-electron chi connectivity index (χ3n) is 3.32. The van der Waals surface area contributed by atoms with Crippen molar-refractivity contribution in [1.82, 2.24) is 4.90 Å². The number of alkyl halides is 3. The molecule has 2 rings (SSSR count). The van der Waals surface area contributed by atoms with Gasteiger partial charge in [0, 0.05) is 31.9 Å². The first-order valence-corrected chi connectivity index (χ1v) is 8.14. The summed E-state index contributed by atoms with van der Waals surface area (Å²) in [7, 11) is -4.07. The molecule has 0 unspecified atom stereocenters. The maximum absolute atomic E-state index is 12.5. The van der Waals surface area contributed by atoms with Crippen LogP contribution in [-0.4, -0.2) is 47.2 Å². The average Bonchev–Trinajstić information content (AvgIpc) is 2.37. The average molecular weight is 324 g/mol. The van der Waals surface area contributed by atoms with Crippen LogP contribution in [-0.2, 0) is 10.7 Å². The number of nitrogens with zero attached hydrogens (tertiary/aromatic N) is 2. The predicted molar refractivity (Wildman–Crippen MR) is 72.1 cm³/mol. The predicted octanol–water partition coefficient (Wildman–Crippen LogP) is 1.96. The van der Waals surface area contributed by atoms with E-state index in [0.717, 1.165) is 12.1 Å². The van der Waals surface area contributed by atoms with Gasteiger partial charge in [0.05, 0.1) is 5.56 Å². The molecular weight excluding hydrogens is 308 g/mol. The summed E-state index contributed by atoms with van der Waals surface area (Å²) in [5.74, 6) is 0. The van der Waals surface area contributed by atoms with E-state index in [1.54, 1.807) is 4.90 Å². The van der Waals surface area contributed by atoms with Crippen LogP contribution in [0.5, 0.6) is 0 Å². The zero-order valence-electron chi connectivity index (χ0n) is 11.1. The first-order chi connectivity index (χ1) is 9.65. The molecule has 1 aromatic rings. The minimum absolute atomic E-state index is 0.284. The first kappa shape index (κ1) is 16.3. The van der Waals surface area contributed by atoms with Crippen molar-refractivity contribution in [3.63, 3.8) is 0 Å². The Morgan fingerprint density at radius 2 is 1.57 bits per heavy atom. The Hall–Kier alpha value is -1.08. The van der Waals surface area contributed by atoms with Crippen LogP contribution >= 0.6 is 7.60 Å². The van der Waals surface area contributed by atoms with Gasteiger partial charge in [0.15, 0.2) is 0 Å². The molecule has 1 saturated heterocycles. The molecule has 21 heavy (non-hydrogen) atoms. The Balaban J connectivity index is 1.95. The van der Waals surface area contributed by atoms with E-state index in [1.165, 1.54) is 12.1 Å². The van der Waals surface area contributed by atoms with Crippen LogP contribution in [0.1, 0.15) is 5.56 Å². The summed E-state index contributed by atoms with van der Waals surface area (Å²) in [6, 6.07) is 4.91. The van der Waals surface area contributed by atoms with Gasteiger partial charge in [-0.2, -0.15) is 13.2 Å². The van der Waals surface area contributed by atoms with Gasteiger partial charge in [-0.3, -0.25) is 9.46 Å². The van der Waals surface area contributed by atoms with Gasteiger partial charge < -0.3 is 14.7 Å². The monoisotopic (exact) mass is 324 g/mol. The van der Waals surface area contributed by atoms with Crippen molar-refractivity contribution >= 4 is 13.3 Å². The molecule has 0 radical (unpaired) electrons. The summed E-state index contributed by atoms with van der Waals surface area (Å²) in [6.07, 6.45) is -4.63. The van der Waals surface area contributed by atoms with Crippen molar-refractivity contribution in [2.75, 3.05) is 37.4 Å². The fraction of sp³-hybridized carbons (Fsp3) is 0.500. The summed E-state index contributed by atoms with van der Waals surface area (Å²) in [5, 5.41) is 0. The molecule has 1 aromatic carbocycles. The smallest absolute Gasteiger partial charge is 0.369 e. The van der Waals surface area contributed by atoms with E-state index >= 15 is 0 Å². The highest BCUT2D eigenvalue weighted by atomic mass is 31.2. The molecule has 0 spiro atoms. The second-order valence-electron chi connectivity index (χ2n) is 4.96. The van der Waals surface area contributed by atoms with Crippen molar-refractivity contribution in [2.45, 2.75) is 6.18 Å². The first-order valence-electron chi connectivity index (χ1n) is 6.34. The van der Waals surface area contributed by atoms with E-state index in [2.05, 4.69) is 0 Å². The maximum Gasteiger partial charge on any atom is 0.416 e. The number of halogens is 3. The van der Waals surface area contributed by atoms with Gasteiger partial charge in [0.1, 0.15) is 6.29 Å². The minimum atomic E-state index is -4.35. The molecule has 0 atom stereocenters. The molecule has 1 aliphatic heterocycles. The van der Waals surface area contributed by atoms with Gasteiger partial charge >= 0.3 is 13.8 Å². The van der Waals surface area contributed by atoms with E-state index in [4.69, 9.17) is 9.79 Å². The second-order valence-corrected chi connectivity index (χ2v) is 6.57.